The number of carboxylic acids is 1. The molecule has 0 unspecified atom stereocenters. The van der Waals surface area contributed by atoms with Gasteiger partial charge >= 0.3 is 11.9 Å². The molecule has 0 amide bonds. The summed E-state index contributed by atoms with van der Waals surface area (Å²) in [7, 11) is 0. The number of unbranched alkanes of at least 4 members (excludes halogenated alkanes) is 5. The first kappa shape index (κ1) is 22.4. The van der Waals surface area contributed by atoms with E-state index in [1.807, 2.05) is 6.08 Å². The molecule has 0 saturated carbocycles. The highest BCUT2D eigenvalue weighted by Crippen LogP contribution is 2.10. The van der Waals surface area contributed by atoms with E-state index >= 15 is 0 Å². The van der Waals surface area contributed by atoms with Gasteiger partial charge in [-0.25, -0.2) is 0 Å². The van der Waals surface area contributed by atoms with Crippen molar-refractivity contribution in [1.29, 1.82) is 0 Å². The van der Waals surface area contributed by atoms with E-state index in [0.29, 0.717) is 13.0 Å². The van der Waals surface area contributed by atoms with Gasteiger partial charge in [-0.15, -0.1) is 0 Å². The Morgan fingerprint density at radius 3 is 2.00 bits per heavy atom. The molecule has 0 fully saturated rings. The second-order valence-electron chi connectivity index (χ2n) is 6.57. The minimum Gasteiger partial charge on any atom is -0.481 e. The molecule has 0 aromatic rings. The molecule has 0 aliphatic carbocycles. The third-order valence-corrected chi connectivity index (χ3v) is 3.79. The van der Waals surface area contributed by atoms with E-state index < -0.39 is 5.97 Å². The first-order chi connectivity index (χ1) is 11.4. The fourth-order valence-corrected chi connectivity index (χ4v) is 2.29. The quantitative estimate of drug-likeness (QED) is 0.261. The molecule has 0 saturated heterocycles. The van der Waals surface area contributed by atoms with E-state index in [9.17, 15) is 9.59 Å². The first-order valence-corrected chi connectivity index (χ1v) is 9.08. The molecule has 4 heteroatoms. The Labute approximate surface area is 147 Å². The summed E-state index contributed by atoms with van der Waals surface area (Å²) in [5.74, 6) is -0.854. The molecular formula is C20H34O4. The lowest BCUT2D eigenvalue weighted by Crippen LogP contribution is -2.04. The van der Waals surface area contributed by atoms with Crippen molar-refractivity contribution in [3.05, 3.63) is 23.3 Å². The average Bonchev–Trinajstić information content (AvgIpc) is 2.49. The van der Waals surface area contributed by atoms with Crippen LogP contribution in [0.1, 0.15) is 85.0 Å². The highest BCUT2D eigenvalue weighted by atomic mass is 16.5. The SMILES string of the molecule is CC(C)=CCC/C(C)=C\COC(=O)CCCCCCCCC(=O)O. The van der Waals surface area contributed by atoms with Crippen LogP contribution in [0.25, 0.3) is 0 Å². The molecule has 0 spiro atoms. The van der Waals surface area contributed by atoms with Crippen LogP contribution in [-0.2, 0) is 14.3 Å². The zero-order valence-electron chi connectivity index (χ0n) is 15.6. The molecule has 24 heavy (non-hydrogen) atoms. The Morgan fingerprint density at radius 2 is 1.42 bits per heavy atom. The fourth-order valence-electron chi connectivity index (χ4n) is 2.29. The number of ether oxygens (including phenoxy) is 1. The summed E-state index contributed by atoms with van der Waals surface area (Å²) >= 11 is 0. The Kier molecular flexibility index (Phi) is 14.0. The fraction of sp³-hybridized carbons (Fsp3) is 0.700. The number of hydrogen-bond donors (Lipinski definition) is 1. The van der Waals surface area contributed by atoms with Gasteiger partial charge in [-0.2, -0.15) is 0 Å². The summed E-state index contributed by atoms with van der Waals surface area (Å²) in [6.07, 6.45) is 12.6. The predicted octanol–water partition coefficient (Wildman–Crippen LogP) is 5.43. The van der Waals surface area contributed by atoms with Crippen molar-refractivity contribution in [3.63, 3.8) is 0 Å². The van der Waals surface area contributed by atoms with Crippen molar-refractivity contribution in [2.45, 2.75) is 85.0 Å². The Morgan fingerprint density at radius 1 is 0.833 bits per heavy atom. The van der Waals surface area contributed by atoms with Crippen LogP contribution in [0, 0.1) is 0 Å². The molecule has 0 atom stereocenters. The molecule has 4 nitrogen and oxygen atoms in total. The maximum atomic E-state index is 11.6. The van der Waals surface area contributed by atoms with Crippen molar-refractivity contribution >= 4 is 11.9 Å². The molecule has 0 aliphatic rings. The van der Waals surface area contributed by atoms with Gasteiger partial charge in [0.25, 0.3) is 0 Å². The molecule has 0 aromatic carbocycles. The first-order valence-electron chi connectivity index (χ1n) is 9.08. The van der Waals surface area contributed by atoms with Gasteiger partial charge in [0.2, 0.25) is 0 Å². The number of carboxylic acid groups (broad SMARTS) is 1. The highest BCUT2D eigenvalue weighted by molar-refractivity contribution is 5.69. The van der Waals surface area contributed by atoms with Crippen molar-refractivity contribution in [3.8, 4) is 0 Å². The lowest BCUT2D eigenvalue weighted by Gasteiger charge is -2.04. The summed E-state index contributed by atoms with van der Waals surface area (Å²) in [5.41, 5.74) is 2.58. The van der Waals surface area contributed by atoms with Crippen LogP contribution >= 0.6 is 0 Å². The number of allylic oxidation sites excluding steroid dienone is 3. The molecule has 0 rings (SSSR count). The summed E-state index contributed by atoms with van der Waals surface area (Å²) in [6.45, 7) is 6.62. The third kappa shape index (κ3) is 16.8. The van der Waals surface area contributed by atoms with Gasteiger partial charge in [-0.05, 0) is 52.5 Å². The van der Waals surface area contributed by atoms with E-state index in [0.717, 1.165) is 51.4 Å². The van der Waals surface area contributed by atoms with Gasteiger partial charge in [0, 0.05) is 12.8 Å². The Hall–Kier alpha value is -1.58. The van der Waals surface area contributed by atoms with Crippen LogP contribution in [0.5, 0.6) is 0 Å². The van der Waals surface area contributed by atoms with Gasteiger partial charge in [0.15, 0.2) is 0 Å². The van der Waals surface area contributed by atoms with Crippen LogP contribution in [0.15, 0.2) is 23.3 Å². The summed E-state index contributed by atoms with van der Waals surface area (Å²) < 4.78 is 5.22. The van der Waals surface area contributed by atoms with Crippen LogP contribution in [0.2, 0.25) is 0 Å². The van der Waals surface area contributed by atoms with Gasteiger partial charge in [-0.3, -0.25) is 9.59 Å². The van der Waals surface area contributed by atoms with Gasteiger partial charge < -0.3 is 9.84 Å². The average molecular weight is 338 g/mol. The van der Waals surface area contributed by atoms with E-state index in [1.54, 1.807) is 0 Å². The second kappa shape index (κ2) is 15.0. The highest BCUT2D eigenvalue weighted by Gasteiger charge is 2.02. The maximum absolute atomic E-state index is 11.6. The van der Waals surface area contributed by atoms with E-state index in [4.69, 9.17) is 9.84 Å². The molecule has 0 aromatic heterocycles. The third-order valence-electron chi connectivity index (χ3n) is 3.79. The van der Waals surface area contributed by atoms with Crippen LogP contribution in [0.3, 0.4) is 0 Å². The Balaban J connectivity index is 3.52. The largest absolute Gasteiger partial charge is 0.481 e. The molecule has 1 N–H and O–H groups in total. The molecule has 0 bridgehead atoms. The molecule has 138 valence electrons. The number of carbonyl (C=O) groups excluding carboxylic acids is 1. The van der Waals surface area contributed by atoms with Crippen molar-refractivity contribution < 1.29 is 19.4 Å². The topological polar surface area (TPSA) is 63.6 Å². The summed E-state index contributed by atoms with van der Waals surface area (Å²) in [5, 5.41) is 8.53. The van der Waals surface area contributed by atoms with Crippen molar-refractivity contribution in [2.75, 3.05) is 6.61 Å². The van der Waals surface area contributed by atoms with Crippen LogP contribution in [-0.4, -0.2) is 23.7 Å². The number of aliphatic carboxylic acids is 1. The van der Waals surface area contributed by atoms with Gasteiger partial charge in [-0.1, -0.05) is 42.9 Å². The lowest BCUT2D eigenvalue weighted by molar-refractivity contribution is -0.142. The molecule has 0 heterocycles. The minimum atomic E-state index is -0.723. The normalized spacial score (nSPS) is 11.2. The minimum absolute atomic E-state index is 0.130. The van der Waals surface area contributed by atoms with Crippen LogP contribution in [0.4, 0.5) is 0 Å². The standard InChI is InChI=1S/C20H34O4/c1-17(2)11-10-12-18(3)15-16-24-20(23)14-9-7-5-4-6-8-13-19(21)22/h11,15H,4-10,12-14,16H2,1-3H3,(H,21,22)/b18-15-. The Bertz CT molecular complexity index is 417. The van der Waals surface area contributed by atoms with Crippen molar-refractivity contribution in [2.24, 2.45) is 0 Å². The monoisotopic (exact) mass is 338 g/mol. The van der Waals surface area contributed by atoms with Crippen LogP contribution < -0.4 is 0 Å². The van der Waals surface area contributed by atoms with E-state index in [1.165, 1.54) is 11.1 Å². The molecular weight excluding hydrogens is 304 g/mol. The number of hydrogen-bond acceptors (Lipinski definition) is 3. The number of carbonyl (C=O) groups is 2. The zero-order valence-corrected chi connectivity index (χ0v) is 15.6. The molecule has 0 radical (unpaired) electrons. The predicted molar refractivity (Wildman–Crippen MR) is 98.0 cm³/mol. The van der Waals surface area contributed by atoms with E-state index in [-0.39, 0.29) is 12.4 Å². The lowest BCUT2D eigenvalue weighted by atomic mass is 10.1. The maximum Gasteiger partial charge on any atom is 0.306 e. The molecule has 0 aliphatic heterocycles. The zero-order chi connectivity index (χ0) is 18.2. The smallest absolute Gasteiger partial charge is 0.306 e. The van der Waals surface area contributed by atoms with Crippen molar-refractivity contribution in [1.82, 2.24) is 0 Å². The van der Waals surface area contributed by atoms with Gasteiger partial charge in [0.05, 0.1) is 0 Å². The number of esters is 1. The van der Waals surface area contributed by atoms with E-state index in [2.05, 4.69) is 26.8 Å². The summed E-state index contributed by atoms with van der Waals surface area (Å²) in [4.78, 5) is 22.0. The van der Waals surface area contributed by atoms with Gasteiger partial charge in [0.1, 0.15) is 6.61 Å². The number of rotatable bonds is 14. The summed E-state index contributed by atoms with van der Waals surface area (Å²) in [6, 6.07) is 0. The second-order valence-corrected chi connectivity index (χ2v) is 6.57.